The summed E-state index contributed by atoms with van der Waals surface area (Å²) in [5, 5.41) is 2.01. The van der Waals surface area contributed by atoms with Crippen LogP contribution in [-0.4, -0.2) is 34.2 Å². The summed E-state index contributed by atoms with van der Waals surface area (Å²) in [6, 6.07) is 33.3. The van der Waals surface area contributed by atoms with E-state index in [2.05, 4.69) is 112 Å². The van der Waals surface area contributed by atoms with Crippen molar-refractivity contribution >= 4 is 21.8 Å². The number of pyridine rings is 4. The molecule has 7 rings (SSSR count). The second-order valence-corrected chi connectivity index (χ2v) is 14.7. The molecule has 6 heteroatoms. The fourth-order valence-electron chi connectivity index (χ4n) is 6.44. The van der Waals surface area contributed by atoms with E-state index < -0.39 is 0 Å². The van der Waals surface area contributed by atoms with Crippen LogP contribution in [0.2, 0.25) is 0 Å². The molecular formula is C44H42N4O2. The molecule has 0 spiro atoms. The van der Waals surface area contributed by atoms with Crippen molar-refractivity contribution < 1.29 is 9.47 Å². The first-order valence-electron chi connectivity index (χ1n) is 17.0. The number of hydrogen-bond donors (Lipinski definition) is 0. The smallest absolute Gasteiger partial charge is 0.137 e. The average Bonchev–Trinajstić information content (AvgIpc) is 3.13. The molecular weight excluding hydrogens is 617 g/mol. The van der Waals surface area contributed by atoms with Crippen LogP contribution in [-0.2, 0) is 10.8 Å². The maximum atomic E-state index is 6.13. The van der Waals surface area contributed by atoms with Crippen molar-refractivity contribution in [1.29, 1.82) is 0 Å². The summed E-state index contributed by atoms with van der Waals surface area (Å²) in [6.45, 7) is 13.3. The molecule has 50 heavy (non-hydrogen) atoms. The second-order valence-electron chi connectivity index (χ2n) is 14.7. The Kier molecular flexibility index (Phi) is 8.35. The number of ether oxygens (including phenoxy) is 2. The van der Waals surface area contributed by atoms with E-state index >= 15 is 0 Å². The number of nitrogens with zero attached hydrogens (tertiary/aromatic N) is 4. The van der Waals surface area contributed by atoms with E-state index in [1.165, 1.54) is 11.1 Å². The lowest BCUT2D eigenvalue weighted by Crippen LogP contribution is -2.12. The van der Waals surface area contributed by atoms with Crippen molar-refractivity contribution in [2.45, 2.75) is 52.4 Å². The summed E-state index contributed by atoms with van der Waals surface area (Å²) >= 11 is 0. The fraction of sp³-hybridized carbons (Fsp3) is 0.227. The van der Waals surface area contributed by atoms with Gasteiger partial charge in [0.2, 0.25) is 0 Å². The highest BCUT2D eigenvalue weighted by atomic mass is 16.5. The summed E-state index contributed by atoms with van der Waals surface area (Å²) in [5.41, 5.74) is 10.8. The van der Waals surface area contributed by atoms with E-state index in [0.29, 0.717) is 0 Å². The molecule has 0 amide bonds. The molecule has 0 aliphatic rings. The van der Waals surface area contributed by atoms with E-state index in [9.17, 15) is 0 Å². The van der Waals surface area contributed by atoms with Gasteiger partial charge in [0, 0.05) is 45.4 Å². The van der Waals surface area contributed by atoms with Crippen LogP contribution >= 0.6 is 0 Å². The Balaban J connectivity index is 1.47. The Morgan fingerprint density at radius 1 is 0.440 bits per heavy atom. The summed E-state index contributed by atoms with van der Waals surface area (Å²) in [7, 11) is 3.43. The monoisotopic (exact) mass is 658 g/mol. The van der Waals surface area contributed by atoms with E-state index in [1.807, 2.05) is 48.8 Å². The number of hydrogen-bond acceptors (Lipinski definition) is 6. The highest BCUT2D eigenvalue weighted by molar-refractivity contribution is 6.04. The minimum absolute atomic E-state index is 0.112. The van der Waals surface area contributed by atoms with Crippen molar-refractivity contribution in [2.75, 3.05) is 14.2 Å². The van der Waals surface area contributed by atoms with Crippen molar-refractivity contribution in [2.24, 2.45) is 0 Å². The third kappa shape index (κ3) is 6.07. The molecule has 0 aliphatic heterocycles. The Morgan fingerprint density at radius 3 is 1.12 bits per heavy atom. The summed E-state index contributed by atoms with van der Waals surface area (Å²) in [6.07, 6.45) is 3.63. The van der Waals surface area contributed by atoms with Crippen LogP contribution in [0.25, 0.3) is 66.8 Å². The third-order valence-electron chi connectivity index (χ3n) is 9.27. The van der Waals surface area contributed by atoms with Crippen LogP contribution in [0, 0.1) is 0 Å². The Labute approximate surface area is 294 Å². The average molecular weight is 659 g/mol. The van der Waals surface area contributed by atoms with Crippen LogP contribution in [0.1, 0.15) is 52.7 Å². The molecule has 4 aromatic heterocycles. The first kappa shape index (κ1) is 32.9. The van der Waals surface area contributed by atoms with Gasteiger partial charge in [0.1, 0.15) is 11.5 Å². The molecule has 6 nitrogen and oxygen atoms in total. The zero-order chi connectivity index (χ0) is 35.2. The number of fused-ring (bicyclic) bond motifs is 3. The first-order chi connectivity index (χ1) is 24.0. The van der Waals surface area contributed by atoms with Gasteiger partial charge in [-0.25, -0.2) is 9.97 Å². The topological polar surface area (TPSA) is 70.0 Å². The van der Waals surface area contributed by atoms with Crippen LogP contribution in [0.5, 0.6) is 11.5 Å². The quantitative estimate of drug-likeness (QED) is 0.166. The zero-order valence-electron chi connectivity index (χ0n) is 30.0. The summed E-state index contributed by atoms with van der Waals surface area (Å²) < 4.78 is 12.3. The van der Waals surface area contributed by atoms with E-state index in [0.717, 1.165) is 78.3 Å². The Morgan fingerprint density at radius 2 is 0.800 bits per heavy atom. The number of benzene rings is 3. The molecule has 7 aromatic rings. The minimum Gasteiger partial charge on any atom is -0.495 e. The van der Waals surface area contributed by atoms with E-state index in [-0.39, 0.29) is 10.8 Å². The molecule has 4 heterocycles. The van der Waals surface area contributed by atoms with Crippen LogP contribution in [0.4, 0.5) is 0 Å². The maximum absolute atomic E-state index is 6.13. The molecule has 0 saturated carbocycles. The maximum Gasteiger partial charge on any atom is 0.137 e. The largest absolute Gasteiger partial charge is 0.495 e. The van der Waals surface area contributed by atoms with Crippen molar-refractivity contribution in [3.63, 3.8) is 0 Å². The predicted octanol–water partition coefficient (Wildman–Crippen LogP) is 10.9. The van der Waals surface area contributed by atoms with Gasteiger partial charge in [0.05, 0.1) is 48.0 Å². The third-order valence-corrected chi connectivity index (χ3v) is 9.27. The molecule has 0 atom stereocenters. The van der Waals surface area contributed by atoms with Crippen molar-refractivity contribution in [1.82, 2.24) is 19.9 Å². The number of rotatable bonds is 6. The molecule has 250 valence electrons. The molecule has 0 fully saturated rings. The molecule has 0 unspecified atom stereocenters. The molecule has 0 bridgehead atoms. The fourth-order valence-corrected chi connectivity index (χ4v) is 6.44. The Hall–Kier alpha value is -5.62. The van der Waals surface area contributed by atoms with Crippen LogP contribution in [0.15, 0.2) is 109 Å². The molecule has 0 radical (unpaired) electrons. The predicted molar refractivity (Wildman–Crippen MR) is 205 cm³/mol. The molecule has 0 N–H and O–H groups in total. The normalized spacial score (nSPS) is 12.0. The lowest BCUT2D eigenvalue weighted by Gasteiger charge is -2.24. The van der Waals surface area contributed by atoms with E-state index in [1.54, 1.807) is 14.2 Å². The van der Waals surface area contributed by atoms with Crippen LogP contribution in [0.3, 0.4) is 0 Å². The van der Waals surface area contributed by atoms with Gasteiger partial charge in [-0.05, 0) is 82.6 Å². The van der Waals surface area contributed by atoms with Gasteiger partial charge in [-0.1, -0.05) is 77.9 Å². The SMILES string of the molecule is COc1c(-c2ccccn2)cc(C(C)(C)C)cc1-c1ccc2ccc3ccc(-c4cc(C(C)(C)C)cc(-c5ccccn5)c4OC)nc3c2n1. The Bertz CT molecular complexity index is 2190. The summed E-state index contributed by atoms with van der Waals surface area (Å²) in [5.74, 6) is 1.48. The first-order valence-corrected chi connectivity index (χ1v) is 17.0. The van der Waals surface area contributed by atoms with Crippen molar-refractivity contribution in [3.8, 4) is 56.5 Å². The van der Waals surface area contributed by atoms with E-state index in [4.69, 9.17) is 19.4 Å². The van der Waals surface area contributed by atoms with Crippen LogP contribution < -0.4 is 9.47 Å². The lowest BCUT2D eigenvalue weighted by atomic mass is 9.83. The summed E-state index contributed by atoms with van der Waals surface area (Å²) in [4.78, 5) is 20.0. The van der Waals surface area contributed by atoms with Gasteiger partial charge in [-0.2, -0.15) is 0 Å². The standard InChI is InChI=1S/C44H42N4O2/c1-43(2,3)29-23-31(35-13-9-11-21-45-35)41(49-7)33(25-29)37-19-17-27-15-16-28-18-20-38(48-40(28)39(27)47-37)34-26-30(44(4,5)6)24-32(42(34)50-8)36-14-10-12-22-46-36/h9-26H,1-8H3. The highest BCUT2D eigenvalue weighted by Gasteiger charge is 2.24. The van der Waals surface area contributed by atoms with Gasteiger partial charge < -0.3 is 9.47 Å². The minimum atomic E-state index is -0.112. The molecule has 0 saturated heterocycles. The second kappa shape index (κ2) is 12.7. The highest BCUT2D eigenvalue weighted by Crippen LogP contribution is 2.44. The zero-order valence-corrected chi connectivity index (χ0v) is 30.0. The van der Waals surface area contributed by atoms with Gasteiger partial charge in [-0.15, -0.1) is 0 Å². The number of aromatic nitrogens is 4. The molecule has 0 aliphatic carbocycles. The van der Waals surface area contributed by atoms with Gasteiger partial charge in [0.25, 0.3) is 0 Å². The lowest BCUT2D eigenvalue weighted by molar-refractivity contribution is 0.417. The van der Waals surface area contributed by atoms with Crippen molar-refractivity contribution in [3.05, 3.63) is 121 Å². The van der Waals surface area contributed by atoms with Gasteiger partial charge >= 0.3 is 0 Å². The van der Waals surface area contributed by atoms with Gasteiger partial charge in [-0.3, -0.25) is 9.97 Å². The van der Waals surface area contributed by atoms with Gasteiger partial charge in [0.15, 0.2) is 0 Å². The number of methoxy groups -OCH3 is 2. The molecule has 3 aromatic carbocycles.